The topological polar surface area (TPSA) is 80.3 Å². The van der Waals surface area contributed by atoms with E-state index in [4.69, 9.17) is 25.8 Å². The number of benzene rings is 1. The van der Waals surface area contributed by atoms with E-state index in [0.29, 0.717) is 74.1 Å². The maximum atomic E-state index is 12.4. The predicted molar refractivity (Wildman–Crippen MR) is 105 cm³/mol. The molecule has 3 rings (SSSR count). The lowest BCUT2D eigenvalue weighted by Gasteiger charge is -2.33. The van der Waals surface area contributed by atoms with E-state index in [1.165, 1.54) is 0 Å². The zero-order valence-electron chi connectivity index (χ0n) is 16.2. The Hall–Kier alpha value is -2.19. The van der Waals surface area contributed by atoms with E-state index in [0.717, 1.165) is 0 Å². The zero-order chi connectivity index (χ0) is 20.1. The fourth-order valence-corrected chi connectivity index (χ4v) is 3.17. The summed E-state index contributed by atoms with van der Waals surface area (Å²) < 4.78 is 16.2. The van der Waals surface area contributed by atoms with Gasteiger partial charge in [-0.1, -0.05) is 25.4 Å². The van der Waals surface area contributed by atoms with Crippen molar-refractivity contribution in [3.8, 4) is 11.5 Å². The number of amides is 2. The molecule has 9 heteroatoms. The molecule has 1 fully saturated rings. The van der Waals surface area contributed by atoms with Gasteiger partial charge in [0.2, 0.25) is 5.91 Å². The van der Waals surface area contributed by atoms with Crippen LogP contribution in [0.25, 0.3) is 0 Å². The van der Waals surface area contributed by atoms with E-state index >= 15 is 0 Å². The molecule has 0 saturated carbocycles. The van der Waals surface area contributed by atoms with Gasteiger partial charge in [0.05, 0.1) is 23.9 Å². The summed E-state index contributed by atoms with van der Waals surface area (Å²) in [5, 5.41) is 3.22. The highest BCUT2D eigenvalue weighted by Crippen LogP contribution is 2.37. The molecule has 28 heavy (non-hydrogen) atoms. The lowest BCUT2D eigenvalue weighted by Crippen LogP contribution is -2.50. The number of ether oxygens (including phenoxy) is 3. The number of carbonyl (C=O) groups is 2. The van der Waals surface area contributed by atoms with Gasteiger partial charge in [-0.25, -0.2) is 4.79 Å². The number of carbonyl (C=O) groups excluding carboxylic acids is 2. The molecule has 1 N–H and O–H groups in total. The third-order valence-corrected chi connectivity index (χ3v) is 4.76. The fraction of sp³-hybridized carbons (Fsp3) is 0.579. The van der Waals surface area contributed by atoms with Crippen LogP contribution in [0.3, 0.4) is 0 Å². The third-order valence-electron chi connectivity index (χ3n) is 4.44. The van der Waals surface area contributed by atoms with E-state index in [1.54, 1.807) is 17.0 Å². The van der Waals surface area contributed by atoms with Crippen LogP contribution in [-0.2, 0) is 9.53 Å². The van der Waals surface area contributed by atoms with Crippen molar-refractivity contribution >= 4 is 29.3 Å². The third kappa shape index (κ3) is 5.42. The minimum absolute atomic E-state index is 0.172. The highest BCUT2D eigenvalue weighted by molar-refractivity contribution is 6.34. The maximum absolute atomic E-state index is 12.4. The number of nitrogens with zero attached hydrogens (tertiary/aromatic N) is 2. The lowest BCUT2D eigenvalue weighted by molar-refractivity contribution is -0.117. The Balaban J connectivity index is 1.47. The van der Waals surface area contributed by atoms with E-state index in [9.17, 15) is 9.59 Å². The van der Waals surface area contributed by atoms with Crippen LogP contribution in [0.4, 0.5) is 10.5 Å². The number of nitrogens with one attached hydrogen (secondary N) is 1. The average molecular weight is 412 g/mol. The molecule has 0 aliphatic carbocycles. The van der Waals surface area contributed by atoms with Crippen LogP contribution in [0.5, 0.6) is 11.5 Å². The summed E-state index contributed by atoms with van der Waals surface area (Å²) >= 11 is 6.23. The molecule has 1 aromatic carbocycles. The Morgan fingerprint density at radius 3 is 2.43 bits per heavy atom. The first-order chi connectivity index (χ1) is 13.4. The Morgan fingerprint density at radius 2 is 1.79 bits per heavy atom. The zero-order valence-corrected chi connectivity index (χ0v) is 17.0. The van der Waals surface area contributed by atoms with E-state index < -0.39 is 0 Å². The SMILES string of the molecule is CC(C)COC(=O)N1CCN(CC(=O)Nc2cc3c(cc2Cl)OCCO3)CC1. The molecule has 8 nitrogen and oxygen atoms in total. The number of fused-ring (bicyclic) bond motifs is 1. The molecule has 2 aliphatic heterocycles. The van der Waals surface area contributed by atoms with Crippen LogP contribution >= 0.6 is 11.6 Å². The monoisotopic (exact) mass is 411 g/mol. The van der Waals surface area contributed by atoms with E-state index in [2.05, 4.69) is 5.32 Å². The Kier molecular flexibility index (Phi) is 6.85. The van der Waals surface area contributed by atoms with Gasteiger partial charge in [0, 0.05) is 38.3 Å². The number of hydrogen-bond donors (Lipinski definition) is 1. The second kappa shape index (κ2) is 9.34. The second-order valence-electron chi connectivity index (χ2n) is 7.26. The molecule has 2 aliphatic rings. The summed E-state index contributed by atoms with van der Waals surface area (Å²) in [6.45, 7) is 7.87. The molecule has 0 aromatic heterocycles. The summed E-state index contributed by atoms with van der Waals surface area (Å²) in [5.74, 6) is 1.28. The minimum atomic E-state index is -0.291. The molecule has 154 valence electrons. The highest BCUT2D eigenvalue weighted by atomic mass is 35.5. The van der Waals surface area contributed by atoms with Crippen molar-refractivity contribution in [2.24, 2.45) is 5.92 Å². The van der Waals surface area contributed by atoms with Crippen molar-refractivity contribution in [3.63, 3.8) is 0 Å². The Bertz CT molecular complexity index is 720. The van der Waals surface area contributed by atoms with Gasteiger partial charge in [-0.3, -0.25) is 9.69 Å². The number of halogens is 1. The molecule has 0 bridgehead atoms. The molecule has 2 amide bonds. The van der Waals surface area contributed by atoms with Crippen molar-refractivity contribution in [2.45, 2.75) is 13.8 Å². The molecule has 0 spiro atoms. The fourth-order valence-electron chi connectivity index (χ4n) is 2.97. The highest BCUT2D eigenvalue weighted by Gasteiger charge is 2.24. The van der Waals surface area contributed by atoms with Crippen molar-refractivity contribution in [1.82, 2.24) is 9.80 Å². The summed E-state index contributed by atoms with van der Waals surface area (Å²) in [5.41, 5.74) is 0.492. The second-order valence-corrected chi connectivity index (χ2v) is 7.67. The van der Waals surface area contributed by atoms with Crippen LogP contribution in [0.15, 0.2) is 12.1 Å². The van der Waals surface area contributed by atoms with Gasteiger partial charge in [0.1, 0.15) is 13.2 Å². The van der Waals surface area contributed by atoms with E-state index in [1.807, 2.05) is 18.7 Å². The van der Waals surface area contributed by atoms with Crippen molar-refractivity contribution in [3.05, 3.63) is 17.2 Å². The van der Waals surface area contributed by atoms with Gasteiger partial charge in [0.15, 0.2) is 11.5 Å². The molecule has 0 radical (unpaired) electrons. The Labute approximate surface area is 169 Å². The van der Waals surface area contributed by atoms with Gasteiger partial charge in [-0.2, -0.15) is 0 Å². The number of rotatable bonds is 5. The van der Waals surface area contributed by atoms with Crippen molar-refractivity contribution < 1.29 is 23.8 Å². The lowest BCUT2D eigenvalue weighted by atomic mass is 10.2. The normalized spacial score (nSPS) is 16.8. The first-order valence-corrected chi connectivity index (χ1v) is 9.83. The van der Waals surface area contributed by atoms with Gasteiger partial charge in [0.25, 0.3) is 0 Å². The summed E-state index contributed by atoms with van der Waals surface area (Å²) in [7, 11) is 0. The molecule has 1 saturated heterocycles. The van der Waals surface area contributed by atoms with Crippen LogP contribution in [0.2, 0.25) is 5.02 Å². The molecular formula is C19H26ClN3O5. The Morgan fingerprint density at radius 1 is 1.14 bits per heavy atom. The van der Waals surface area contributed by atoms with Crippen LogP contribution in [0, 0.1) is 5.92 Å². The van der Waals surface area contributed by atoms with Gasteiger partial charge < -0.3 is 24.4 Å². The minimum Gasteiger partial charge on any atom is -0.486 e. The first kappa shape index (κ1) is 20.5. The average Bonchev–Trinajstić information content (AvgIpc) is 2.67. The van der Waals surface area contributed by atoms with Gasteiger partial charge >= 0.3 is 6.09 Å². The standard InChI is InChI=1S/C19H26ClN3O5/c1-13(2)12-28-19(25)23-5-3-22(4-6-23)11-18(24)21-15-10-17-16(9-14(15)20)26-7-8-27-17/h9-10,13H,3-8,11-12H2,1-2H3,(H,21,24). The van der Waals surface area contributed by atoms with Crippen molar-refractivity contribution in [1.29, 1.82) is 0 Å². The van der Waals surface area contributed by atoms with Crippen LogP contribution in [0.1, 0.15) is 13.8 Å². The van der Waals surface area contributed by atoms with Crippen molar-refractivity contribution in [2.75, 3.05) is 57.9 Å². The van der Waals surface area contributed by atoms with Gasteiger partial charge in [-0.05, 0) is 5.92 Å². The molecule has 0 atom stereocenters. The summed E-state index contributed by atoms with van der Waals surface area (Å²) in [6, 6.07) is 3.32. The summed E-state index contributed by atoms with van der Waals surface area (Å²) in [6.07, 6.45) is -0.291. The summed E-state index contributed by atoms with van der Waals surface area (Å²) in [4.78, 5) is 28.1. The molecule has 1 aromatic rings. The number of anilines is 1. The molecular weight excluding hydrogens is 386 g/mol. The van der Waals surface area contributed by atoms with Crippen LogP contribution in [-0.4, -0.2) is 74.3 Å². The predicted octanol–water partition coefficient (Wildman–Crippen LogP) is 2.46. The first-order valence-electron chi connectivity index (χ1n) is 9.45. The number of hydrogen-bond acceptors (Lipinski definition) is 6. The van der Waals surface area contributed by atoms with E-state index in [-0.39, 0.29) is 18.5 Å². The quantitative estimate of drug-likeness (QED) is 0.801. The molecule has 2 heterocycles. The smallest absolute Gasteiger partial charge is 0.409 e. The van der Waals surface area contributed by atoms with Crippen LogP contribution < -0.4 is 14.8 Å². The van der Waals surface area contributed by atoms with Gasteiger partial charge in [-0.15, -0.1) is 0 Å². The molecule has 0 unspecified atom stereocenters. The maximum Gasteiger partial charge on any atom is 0.409 e. The largest absolute Gasteiger partial charge is 0.486 e. The number of piperazine rings is 1.